The molecular formula is C22H17F3N4O4. The lowest BCUT2D eigenvalue weighted by molar-refractivity contribution is -0.132. The standard InChI is InChI=1S/C22H17F3N4O4/c1-13-6-15(3-5-19(13)33-20(24)25)22(10-31-21(28-22)29-32-12-30)16-2-4-18(23)17(7-16)14-8-26-11-27-9-14/h2-9,11-12,20H,10H2,1H3,(H,28,29). The normalized spacial score (nSPS) is 17.3. The van der Waals surface area contributed by atoms with E-state index in [9.17, 15) is 18.0 Å². The number of benzene rings is 2. The van der Waals surface area contributed by atoms with E-state index < -0.39 is 18.0 Å². The van der Waals surface area contributed by atoms with Gasteiger partial charge in [0, 0.05) is 23.5 Å². The lowest BCUT2D eigenvalue weighted by Gasteiger charge is -2.26. The van der Waals surface area contributed by atoms with Gasteiger partial charge in [-0.1, -0.05) is 12.1 Å². The number of nitrogens with one attached hydrogen (secondary N) is 1. The fraction of sp³-hybridized carbons (Fsp3) is 0.182. The smallest absolute Gasteiger partial charge is 0.387 e. The molecule has 1 N–H and O–H groups in total. The van der Waals surface area contributed by atoms with Crippen molar-refractivity contribution in [3.63, 3.8) is 0 Å². The minimum atomic E-state index is -2.97. The molecule has 0 saturated heterocycles. The SMILES string of the molecule is Cc1cc(C2(c3ccc(F)c(-c4cncnc4)c3)COC(NOC=O)=N2)ccc1OC(F)F. The minimum Gasteiger partial charge on any atom is -0.460 e. The maximum Gasteiger partial charge on any atom is 0.387 e. The molecule has 0 bridgehead atoms. The van der Waals surface area contributed by atoms with Crippen LogP contribution in [0.2, 0.25) is 0 Å². The molecule has 8 nitrogen and oxygen atoms in total. The summed E-state index contributed by atoms with van der Waals surface area (Å²) in [6.07, 6.45) is 4.28. The van der Waals surface area contributed by atoms with Crippen molar-refractivity contribution in [3.8, 4) is 16.9 Å². The van der Waals surface area contributed by atoms with E-state index in [0.29, 0.717) is 22.3 Å². The Morgan fingerprint density at radius 2 is 1.88 bits per heavy atom. The Morgan fingerprint density at radius 3 is 2.58 bits per heavy atom. The van der Waals surface area contributed by atoms with Gasteiger partial charge in [-0.05, 0) is 47.9 Å². The molecule has 0 aliphatic carbocycles. The highest BCUT2D eigenvalue weighted by atomic mass is 19.3. The van der Waals surface area contributed by atoms with E-state index >= 15 is 0 Å². The van der Waals surface area contributed by atoms with Crippen LogP contribution < -0.4 is 10.2 Å². The van der Waals surface area contributed by atoms with Crippen molar-refractivity contribution in [1.82, 2.24) is 15.4 Å². The number of carbonyl (C=O) groups excluding carboxylic acids is 1. The Kier molecular flexibility index (Phi) is 6.11. The number of nitrogens with zero attached hydrogens (tertiary/aromatic N) is 3. The molecule has 2 aromatic carbocycles. The number of aryl methyl sites for hydroxylation is 1. The molecule has 1 atom stereocenters. The molecule has 3 aromatic rings. The summed E-state index contributed by atoms with van der Waals surface area (Å²) < 4.78 is 50.2. The topological polar surface area (TPSA) is 94.9 Å². The molecule has 1 unspecified atom stereocenters. The van der Waals surface area contributed by atoms with E-state index in [1.807, 2.05) is 0 Å². The van der Waals surface area contributed by atoms with E-state index in [0.717, 1.165) is 0 Å². The minimum absolute atomic E-state index is 0.00987. The van der Waals surface area contributed by atoms with Gasteiger partial charge in [0.2, 0.25) is 0 Å². The largest absolute Gasteiger partial charge is 0.460 e. The zero-order valence-electron chi connectivity index (χ0n) is 17.2. The predicted octanol–water partition coefficient (Wildman–Crippen LogP) is 3.50. The highest BCUT2D eigenvalue weighted by molar-refractivity contribution is 5.77. The average Bonchev–Trinajstić information content (AvgIpc) is 3.25. The molecule has 0 amide bonds. The lowest BCUT2D eigenvalue weighted by Crippen LogP contribution is -2.27. The Hall–Kier alpha value is -4.15. The van der Waals surface area contributed by atoms with Crippen LogP contribution in [0.1, 0.15) is 16.7 Å². The molecule has 0 fully saturated rings. The Morgan fingerprint density at radius 1 is 1.15 bits per heavy atom. The number of alkyl halides is 2. The summed E-state index contributed by atoms with van der Waals surface area (Å²) >= 11 is 0. The molecule has 4 rings (SSSR count). The van der Waals surface area contributed by atoms with Crippen molar-refractivity contribution >= 4 is 12.5 Å². The van der Waals surface area contributed by atoms with Crippen molar-refractivity contribution in [2.75, 3.05) is 6.61 Å². The number of ether oxygens (including phenoxy) is 2. The molecule has 0 spiro atoms. The van der Waals surface area contributed by atoms with E-state index in [2.05, 4.69) is 30.0 Å². The van der Waals surface area contributed by atoms with Crippen LogP contribution in [0.15, 0.2) is 60.1 Å². The van der Waals surface area contributed by atoms with Gasteiger partial charge in [0.1, 0.15) is 24.5 Å². The molecule has 11 heteroatoms. The molecule has 170 valence electrons. The molecule has 33 heavy (non-hydrogen) atoms. The average molecular weight is 458 g/mol. The van der Waals surface area contributed by atoms with Gasteiger partial charge in [-0.2, -0.15) is 14.3 Å². The van der Waals surface area contributed by atoms with Gasteiger partial charge in [0.25, 0.3) is 0 Å². The van der Waals surface area contributed by atoms with Crippen LogP contribution in [0.5, 0.6) is 5.75 Å². The molecule has 2 heterocycles. The highest BCUT2D eigenvalue weighted by Crippen LogP contribution is 2.41. The molecule has 0 radical (unpaired) electrons. The zero-order valence-corrected chi connectivity index (χ0v) is 17.2. The van der Waals surface area contributed by atoms with Gasteiger partial charge in [-0.25, -0.2) is 19.4 Å². The number of aromatic nitrogens is 2. The van der Waals surface area contributed by atoms with E-state index in [1.165, 1.54) is 36.9 Å². The van der Waals surface area contributed by atoms with Crippen molar-refractivity contribution in [3.05, 3.63) is 77.6 Å². The molecule has 1 aliphatic rings. The number of rotatable bonds is 7. The van der Waals surface area contributed by atoms with Crippen molar-refractivity contribution < 1.29 is 32.3 Å². The number of hydrogen-bond donors (Lipinski definition) is 1. The number of carbonyl (C=O) groups is 1. The van der Waals surface area contributed by atoms with E-state index in [1.54, 1.807) is 25.1 Å². The maximum absolute atomic E-state index is 14.7. The first-order valence-electron chi connectivity index (χ1n) is 9.62. The van der Waals surface area contributed by atoms with Crippen molar-refractivity contribution in [1.29, 1.82) is 0 Å². The third-order valence-corrected chi connectivity index (χ3v) is 5.09. The van der Waals surface area contributed by atoms with Gasteiger partial charge in [0.15, 0.2) is 5.54 Å². The summed E-state index contributed by atoms with van der Waals surface area (Å²) in [4.78, 5) is 27.5. The first kappa shape index (κ1) is 22.1. The lowest BCUT2D eigenvalue weighted by atomic mass is 9.82. The van der Waals surface area contributed by atoms with Crippen LogP contribution in [-0.4, -0.2) is 35.7 Å². The number of halogens is 3. The second-order valence-electron chi connectivity index (χ2n) is 7.06. The first-order valence-corrected chi connectivity index (χ1v) is 9.62. The number of amidine groups is 1. The van der Waals surface area contributed by atoms with Crippen LogP contribution in [0.25, 0.3) is 11.1 Å². The van der Waals surface area contributed by atoms with Crippen molar-refractivity contribution in [2.24, 2.45) is 4.99 Å². The van der Waals surface area contributed by atoms with Gasteiger partial charge in [-0.15, -0.1) is 0 Å². The quantitative estimate of drug-likeness (QED) is 0.428. The highest BCUT2D eigenvalue weighted by Gasteiger charge is 2.41. The second-order valence-corrected chi connectivity index (χ2v) is 7.06. The molecule has 1 aromatic heterocycles. The van der Waals surface area contributed by atoms with Gasteiger partial charge in [0.05, 0.1) is 0 Å². The van der Waals surface area contributed by atoms with Crippen molar-refractivity contribution in [2.45, 2.75) is 19.1 Å². The van der Waals surface area contributed by atoms with Gasteiger partial charge in [-0.3, -0.25) is 4.79 Å². The maximum atomic E-state index is 14.7. The number of hydrogen-bond acceptors (Lipinski definition) is 8. The zero-order chi connectivity index (χ0) is 23.4. The van der Waals surface area contributed by atoms with Gasteiger partial charge >= 0.3 is 19.1 Å². The Labute approximate surface area is 186 Å². The van der Waals surface area contributed by atoms with E-state index in [4.69, 9.17) is 4.74 Å². The third-order valence-electron chi connectivity index (χ3n) is 5.09. The Bertz CT molecular complexity index is 1190. The number of aliphatic imine (C=N–C) groups is 1. The van der Waals surface area contributed by atoms with Crippen LogP contribution in [0.4, 0.5) is 13.2 Å². The van der Waals surface area contributed by atoms with Crippen LogP contribution >= 0.6 is 0 Å². The van der Waals surface area contributed by atoms with Crippen LogP contribution in [-0.2, 0) is 19.9 Å². The first-order chi connectivity index (χ1) is 15.9. The summed E-state index contributed by atoms with van der Waals surface area (Å²) in [5, 5.41) is 0. The Balaban J connectivity index is 1.85. The second kappa shape index (κ2) is 9.15. The summed E-state index contributed by atoms with van der Waals surface area (Å²) in [5.74, 6) is -0.484. The summed E-state index contributed by atoms with van der Waals surface area (Å²) in [6.45, 7) is -1.23. The van der Waals surface area contributed by atoms with E-state index in [-0.39, 0.29) is 30.4 Å². The monoisotopic (exact) mass is 458 g/mol. The molecule has 1 aliphatic heterocycles. The third kappa shape index (κ3) is 4.43. The molecule has 0 saturated carbocycles. The molecular weight excluding hydrogens is 441 g/mol. The van der Waals surface area contributed by atoms with Crippen LogP contribution in [0.3, 0.4) is 0 Å². The summed E-state index contributed by atoms with van der Waals surface area (Å²) in [7, 11) is 0. The summed E-state index contributed by atoms with van der Waals surface area (Å²) in [6, 6.07) is 8.92. The van der Waals surface area contributed by atoms with Gasteiger partial charge < -0.3 is 14.3 Å². The van der Waals surface area contributed by atoms with Crippen LogP contribution in [0, 0.1) is 12.7 Å². The predicted molar refractivity (Wildman–Crippen MR) is 110 cm³/mol. The summed E-state index contributed by atoms with van der Waals surface area (Å²) in [5.41, 5.74) is 3.29. The fourth-order valence-corrected chi connectivity index (χ4v) is 3.58. The number of hydroxylamine groups is 1. The fourth-order valence-electron chi connectivity index (χ4n) is 3.58.